The van der Waals surface area contributed by atoms with Gasteiger partial charge in [0.25, 0.3) is 6.43 Å². The van der Waals surface area contributed by atoms with Crippen molar-refractivity contribution in [2.45, 2.75) is 25.8 Å². The molecule has 108 valence electrons. The Morgan fingerprint density at radius 3 is 2.47 bits per heavy atom. The molecule has 0 aliphatic heterocycles. The fourth-order valence-corrected chi connectivity index (χ4v) is 1.74. The summed E-state index contributed by atoms with van der Waals surface area (Å²) in [6, 6.07) is 8.15. The molecule has 0 bridgehead atoms. The van der Waals surface area contributed by atoms with Crippen molar-refractivity contribution in [3.8, 4) is 5.75 Å². The van der Waals surface area contributed by atoms with Crippen LogP contribution in [0.3, 0.4) is 0 Å². The number of hydrogen-bond acceptors (Lipinski definition) is 3. The van der Waals surface area contributed by atoms with Crippen LogP contribution in [0, 0.1) is 0 Å². The summed E-state index contributed by atoms with van der Waals surface area (Å²) in [6.07, 6.45) is -1.52. The Hall–Kier alpha value is -1.20. The first-order valence-electron chi connectivity index (χ1n) is 6.34. The monoisotopic (exact) mass is 273 g/mol. The molecule has 1 unspecified atom stereocenters. The van der Waals surface area contributed by atoms with Gasteiger partial charge in [-0.1, -0.05) is 12.1 Å². The summed E-state index contributed by atoms with van der Waals surface area (Å²) in [4.78, 5) is 0. The first-order chi connectivity index (χ1) is 9.11. The molecule has 0 saturated heterocycles. The van der Waals surface area contributed by atoms with E-state index in [9.17, 15) is 8.78 Å². The van der Waals surface area contributed by atoms with Gasteiger partial charge < -0.3 is 14.8 Å². The quantitative estimate of drug-likeness (QED) is 0.701. The Morgan fingerprint density at radius 2 is 1.89 bits per heavy atom. The number of alkyl halides is 2. The highest BCUT2D eigenvalue weighted by Gasteiger charge is 2.04. The maximum Gasteiger partial charge on any atom is 0.261 e. The molecule has 1 atom stereocenters. The summed E-state index contributed by atoms with van der Waals surface area (Å²) in [7, 11) is 1.64. The van der Waals surface area contributed by atoms with E-state index in [0.29, 0.717) is 13.2 Å². The van der Waals surface area contributed by atoms with Gasteiger partial charge in [-0.05, 0) is 31.0 Å². The minimum Gasteiger partial charge on any atom is -0.497 e. The number of halogens is 2. The molecule has 0 spiro atoms. The minimum atomic E-state index is -2.39. The molecule has 0 aliphatic rings. The molecule has 1 N–H and O–H groups in total. The zero-order valence-corrected chi connectivity index (χ0v) is 11.4. The van der Waals surface area contributed by atoms with Crippen molar-refractivity contribution in [2.24, 2.45) is 0 Å². The average molecular weight is 273 g/mol. The van der Waals surface area contributed by atoms with Crippen LogP contribution in [-0.4, -0.2) is 39.3 Å². The lowest BCUT2D eigenvalue weighted by atomic mass is 10.1. The Kier molecular flexibility index (Phi) is 7.36. The van der Waals surface area contributed by atoms with E-state index < -0.39 is 13.0 Å². The molecule has 1 rings (SSSR count). The van der Waals surface area contributed by atoms with Crippen LogP contribution < -0.4 is 10.1 Å². The van der Waals surface area contributed by atoms with E-state index in [-0.39, 0.29) is 6.04 Å². The van der Waals surface area contributed by atoms with Crippen molar-refractivity contribution >= 4 is 0 Å². The van der Waals surface area contributed by atoms with Gasteiger partial charge in [-0.2, -0.15) is 0 Å². The standard InChI is InChI=1S/C14H21F2NO2/c1-11(17-7-8-19-10-14(15)16)9-12-3-5-13(18-2)6-4-12/h3-6,11,14,17H,7-10H2,1-2H3. The lowest BCUT2D eigenvalue weighted by Gasteiger charge is -2.14. The van der Waals surface area contributed by atoms with Gasteiger partial charge in [0.2, 0.25) is 0 Å². The van der Waals surface area contributed by atoms with Crippen molar-refractivity contribution < 1.29 is 18.3 Å². The number of hydrogen-bond donors (Lipinski definition) is 1. The molecule has 0 fully saturated rings. The molecule has 0 radical (unpaired) electrons. The summed E-state index contributed by atoms with van der Waals surface area (Å²) in [5.74, 6) is 0.838. The molecular weight excluding hydrogens is 252 g/mol. The second-order valence-corrected chi connectivity index (χ2v) is 4.37. The molecule has 1 aromatic rings. The van der Waals surface area contributed by atoms with E-state index in [4.69, 9.17) is 9.47 Å². The summed E-state index contributed by atoms with van der Waals surface area (Å²) < 4.78 is 33.5. The molecule has 19 heavy (non-hydrogen) atoms. The van der Waals surface area contributed by atoms with Gasteiger partial charge in [0.15, 0.2) is 0 Å². The molecule has 0 aliphatic carbocycles. The number of benzene rings is 1. The number of rotatable bonds is 9. The third-order valence-corrected chi connectivity index (χ3v) is 2.68. The van der Waals surface area contributed by atoms with Gasteiger partial charge in [0.1, 0.15) is 12.4 Å². The Bertz CT molecular complexity index is 344. The largest absolute Gasteiger partial charge is 0.497 e. The molecule has 0 saturated carbocycles. The van der Waals surface area contributed by atoms with Gasteiger partial charge in [0, 0.05) is 12.6 Å². The topological polar surface area (TPSA) is 30.5 Å². The van der Waals surface area contributed by atoms with Crippen molar-refractivity contribution in [2.75, 3.05) is 26.9 Å². The van der Waals surface area contributed by atoms with E-state index in [1.165, 1.54) is 5.56 Å². The summed E-state index contributed by atoms with van der Waals surface area (Å²) in [5, 5.41) is 3.23. The minimum absolute atomic E-state index is 0.267. The first-order valence-corrected chi connectivity index (χ1v) is 6.34. The normalized spacial score (nSPS) is 12.7. The highest BCUT2D eigenvalue weighted by Crippen LogP contribution is 2.12. The smallest absolute Gasteiger partial charge is 0.261 e. The van der Waals surface area contributed by atoms with Gasteiger partial charge in [-0.25, -0.2) is 8.78 Å². The Labute approximate surface area is 112 Å². The summed E-state index contributed by atoms with van der Waals surface area (Å²) in [5.41, 5.74) is 1.20. The van der Waals surface area contributed by atoms with Gasteiger partial charge >= 0.3 is 0 Å². The van der Waals surface area contributed by atoms with Crippen LogP contribution in [0.2, 0.25) is 0 Å². The van der Waals surface area contributed by atoms with Crippen molar-refractivity contribution in [1.82, 2.24) is 5.32 Å². The van der Waals surface area contributed by atoms with Gasteiger partial charge in [-0.15, -0.1) is 0 Å². The molecule has 0 heterocycles. The number of methoxy groups -OCH3 is 1. The predicted molar refractivity (Wildman–Crippen MR) is 71.0 cm³/mol. The maximum absolute atomic E-state index is 11.8. The first kappa shape index (κ1) is 15.9. The molecular formula is C14H21F2NO2. The van der Waals surface area contributed by atoms with E-state index >= 15 is 0 Å². The van der Waals surface area contributed by atoms with Crippen LogP contribution in [-0.2, 0) is 11.2 Å². The van der Waals surface area contributed by atoms with E-state index in [1.807, 2.05) is 24.3 Å². The highest BCUT2D eigenvalue weighted by atomic mass is 19.3. The van der Waals surface area contributed by atoms with E-state index in [1.54, 1.807) is 7.11 Å². The zero-order valence-electron chi connectivity index (χ0n) is 11.4. The average Bonchev–Trinajstić information content (AvgIpc) is 2.39. The Balaban J connectivity index is 2.17. The van der Waals surface area contributed by atoms with Crippen molar-refractivity contribution in [1.29, 1.82) is 0 Å². The van der Waals surface area contributed by atoms with E-state index in [0.717, 1.165) is 12.2 Å². The van der Waals surface area contributed by atoms with Crippen LogP contribution in [0.15, 0.2) is 24.3 Å². The molecule has 3 nitrogen and oxygen atoms in total. The second kappa shape index (κ2) is 8.82. The molecule has 0 aromatic heterocycles. The Morgan fingerprint density at radius 1 is 1.21 bits per heavy atom. The number of nitrogens with one attached hydrogen (secondary N) is 1. The van der Waals surface area contributed by atoms with Crippen LogP contribution in [0.5, 0.6) is 5.75 Å². The predicted octanol–water partition coefficient (Wildman–Crippen LogP) is 2.50. The number of ether oxygens (including phenoxy) is 2. The third kappa shape index (κ3) is 7.08. The van der Waals surface area contributed by atoms with E-state index in [2.05, 4.69) is 12.2 Å². The second-order valence-electron chi connectivity index (χ2n) is 4.37. The van der Waals surface area contributed by atoms with Crippen molar-refractivity contribution in [3.63, 3.8) is 0 Å². The zero-order chi connectivity index (χ0) is 14.1. The van der Waals surface area contributed by atoms with Crippen LogP contribution >= 0.6 is 0 Å². The van der Waals surface area contributed by atoms with Crippen LogP contribution in [0.1, 0.15) is 12.5 Å². The van der Waals surface area contributed by atoms with Gasteiger partial charge in [0.05, 0.1) is 13.7 Å². The molecule has 0 amide bonds. The van der Waals surface area contributed by atoms with Crippen LogP contribution in [0.4, 0.5) is 8.78 Å². The summed E-state index contributed by atoms with van der Waals surface area (Å²) >= 11 is 0. The maximum atomic E-state index is 11.8. The molecule has 5 heteroatoms. The highest BCUT2D eigenvalue weighted by molar-refractivity contribution is 5.27. The van der Waals surface area contributed by atoms with Crippen molar-refractivity contribution in [3.05, 3.63) is 29.8 Å². The SMILES string of the molecule is COc1ccc(CC(C)NCCOCC(F)F)cc1. The summed E-state index contributed by atoms with van der Waals surface area (Å²) in [6.45, 7) is 2.44. The lowest BCUT2D eigenvalue weighted by Crippen LogP contribution is -2.31. The fraction of sp³-hybridized carbons (Fsp3) is 0.571. The fourth-order valence-electron chi connectivity index (χ4n) is 1.74. The molecule has 1 aromatic carbocycles. The lowest BCUT2D eigenvalue weighted by molar-refractivity contribution is 0.0183. The van der Waals surface area contributed by atoms with Gasteiger partial charge in [-0.3, -0.25) is 0 Å². The third-order valence-electron chi connectivity index (χ3n) is 2.68. The van der Waals surface area contributed by atoms with Crippen LogP contribution in [0.25, 0.3) is 0 Å².